The van der Waals surface area contributed by atoms with E-state index in [1.807, 2.05) is 6.07 Å². The summed E-state index contributed by atoms with van der Waals surface area (Å²) in [7, 11) is 0. The first-order valence-electron chi connectivity index (χ1n) is 5.64. The van der Waals surface area contributed by atoms with E-state index in [1.54, 1.807) is 0 Å². The predicted molar refractivity (Wildman–Crippen MR) is 60.9 cm³/mol. The number of benzene rings is 1. The SMILES string of the molecule is O=CC1CCC(c2ccccc2)CCN1. The van der Waals surface area contributed by atoms with Crippen LogP contribution in [0.4, 0.5) is 0 Å². The van der Waals surface area contributed by atoms with Gasteiger partial charge in [-0.05, 0) is 37.3 Å². The van der Waals surface area contributed by atoms with E-state index in [0.717, 1.165) is 32.1 Å². The van der Waals surface area contributed by atoms with E-state index in [-0.39, 0.29) is 6.04 Å². The molecule has 0 saturated carbocycles. The predicted octanol–water partition coefficient (Wildman–Crippen LogP) is 2.11. The minimum Gasteiger partial charge on any atom is -0.308 e. The zero-order valence-corrected chi connectivity index (χ0v) is 8.86. The number of aldehydes is 1. The lowest BCUT2D eigenvalue weighted by Gasteiger charge is -2.13. The highest BCUT2D eigenvalue weighted by molar-refractivity contribution is 5.57. The van der Waals surface area contributed by atoms with Gasteiger partial charge in [0, 0.05) is 0 Å². The molecule has 0 amide bonds. The summed E-state index contributed by atoms with van der Waals surface area (Å²) in [4.78, 5) is 10.7. The minimum absolute atomic E-state index is 0.0683. The number of rotatable bonds is 2. The van der Waals surface area contributed by atoms with Crippen molar-refractivity contribution in [3.8, 4) is 0 Å². The normalized spacial score (nSPS) is 26.9. The van der Waals surface area contributed by atoms with Crippen LogP contribution < -0.4 is 5.32 Å². The first kappa shape index (κ1) is 10.4. The van der Waals surface area contributed by atoms with Gasteiger partial charge >= 0.3 is 0 Å². The van der Waals surface area contributed by atoms with E-state index in [1.165, 1.54) is 5.56 Å². The fourth-order valence-corrected chi connectivity index (χ4v) is 2.24. The van der Waals surface area contributed by atoms with Gasteiger partial charge in [-0.25, -0.2) is 0 Å². The van der Waals surface area contributed by atoms with Crippen LogP contribution in [0, 0.1) is 0 Å². The van der Waals surface area contributed by atoms with E-state index in [4.69, 9.17) is 0 Å². The molecule has 0 radical (unpaired) electrons. The highest BCUT2D eigenvalue weighted by Crippen LogP contribution is 2.26. The van der Waals surface area contributed by atoms with Gasteiger partial charge in [0.05, 0.1) is 6.04 Å². The number of nitrogens with one attached hydrogen (secondary N) is 1. The number of carbonyl (C=O) groups is 1. The average Bonchev–Trinajstić information content (AvgIpc) is 2.55. The third-order valence-electron chi connectivity index (χ3n) is 3.16. The molecule has 1 N–H and O–H groups in total. The van der Waals surface area contributed by atoms with Crippen molar-refractivity contribution >= 4 is 6.29 Å². The van der Waals surface area contributed by atoms with Crippen molar-refractivity contribution in [1.82, 2.24) is 5.32 Å². The molecule has 15 heavy (non-hydrogen) atoms. The largest absolute Gasteiger partial charge is 0.308 e. The quantitative estimate of drug-likeness (QED) is 0.746. The maximum atomic E-state index is 10.7. The standard InChI is InChI=1S/C13H17NO/c15-10-13-7-6-12(8-9-14-13)11-4-2-1-3-5-11/h1-5,10,12-14H,6-9H2. The van der Waals surface area contributed by atoms with Crippen molar-refractivity contribution in [3.63, 3.8) is 0 Å². The van der Waals surface area contributed by atoms with Crippen molar-refractivity contribution in [1.29, 1.82) is 0 Å². The summed E-state index contributed by atoms with van der Waals surface area (Å²) in [5.41, 5.74) is 1.41. The Kier molecular flexibility index (Phi) is 3.51. The van der Waals surface area contributed by atoms with Gasteiger partial charge in [-0.15, -0.1) is 0 Å². The summed E-state index contributed by atoms with van der Waals surface area (Å²) < 4.78 is 0. The molecule has 2 atom stereocenters. The van der Waals surface area contributed by atoms with E-state index >= 15 is 0 Å². The highest BCUT2D eigenvalue weighted by Gasteiger charge is 2.18. The summed E-state index contributed by atoms with van der Waals surface area (Å²) in [5.74, 6) is 0.614. The number of hydrogen-bond acceptors (Lipinski definition) is 2. The van der Waals surface area contributed by atoms with E-state index in [0.29, 0.717) is 5.92 Å². The molecule has 1 aromatic rings. The Morgan fingerprint density at radius 2 is 1.93 bits per heavy atom. The molecule has 2 heteroatoms. The van der Waals surface area contributed by atoms with Crippen LogP contribution in [-0.4, -0.2) is 18.9 Å². The third kappa shape index (κ3) is 2.66. The van der Waals surface area contributed by atoms with Crippen molar-refractivity contribution < 1.29 is 4.79 Å². The van der Waals surface area contributed by atoms with Crippen LogP contribution in [0.3, 0.4) is 0 Å². The molecule has 1 saturated heterocycles. The number of hydrogen-bond donors (Lipinski definition) is 1. The lowest BCUT2D eigenvalue weighted by molar-refractivity contribution is -0.109. The molecule has 2 unspecified atom stereocenters. The Bertz CT molecular complexity index is 310. The Balaban J connectivity index is 2.02. The molecular weight excluding hydrogens is 186 g/mol. The van der Waals surface area contributed by atoms with Gasteiger partial charge in [0.1, 0.15) is 6.29 Å². The second kappa shape index (κ2) is 5.08. The first-order valence-corrected chi connectivity index (χ1v) is 5.64. The third-order valence-corrected chi connectivity index (χ3v) is 3.16. The molecule has 0 aliphatic carbocycles. The molecule has 1 aromatic carbocycles. The minimum atomic E-state index is 0.0683. The van der Waals surface area contributed by atoms with Gasteiger partial charge < -0.3 is 10.1 Å². The van der Waals surface area contributed by atoms with Crippen LogP contribution in [0.1, 0.15) is 30.7 Å². The zero-order valence-electron chi connectivity index (χ0n) is 8.86. The topological polar surface area (TPSA) is 29.1 Å². The van der Waals surface area contributed by atoms with Crippen LogP contribution >= 0.6 is 0 Å². The fourth-order valence-electron chi connectivity index (χ4n) is 2.24. The second-order valence-corrected chi connectivity index (χ2v) is 4.17. The summed E-state index contributed by atoms with van der Waals surface area (Å²) in [6.45, 7) is 0.947. The van der Waals surface area contributed by atoms with Crippen molar-refractivity contribution in [2.75, 3.05) is 6.54 Å². The van der Waals surface area contributed by atoms with E-state index in [9.17, 15) is 4.79 Å². The van der Waals surface area contributed by atoms with Gasteiger partial charge in [0.2, 0.25) is 0 Å². The lowest BCUT2D eigenvalue weighted by Crippen LogP contribution is -2.29. The smallest absolute Gasteiger partial charge is 0.136 e. The summed E-state index contributed by atoms with van der Waals surface area (Å²) in [5, 5.41) is 3.26. The summed E-state index contributed by atoms with van der Waals surface area (Å²) in [6, 6.07) is 10.7. The van der Waals surface area contributed by atoms with Gasteiger partial charge in [-0.3, -0.25) is 0 Å². The molecule has 2 rings (SSSR count). The van der Waals surface area contributed by atoms with Crippen molar-refractivity contribution in [3.05, 3.63) is 35.9 Å². The Labute approximate surface area is 90.7 Å². The van der Waals surface area contributed by atoms with Crippen molar-refractivity contribution in [2.45, 2.75) is 31.2 Å². The molecule has 0 bridgehead atoms. The van der Waals surface area contributed by atoms with Crippen LogP contribution in [-0.2, 0) is 4.79 Å². The van der Waals surface area contributed by atoms with E-state index in [2.05, 4.69) is 29.6 Å². The van der Waals surface area contributed by atoms with Crippen LogP contribution in [0.2, 0.25) is 0 Å². The monoisotopic (exact) mass is 203 g/mol. The molecule has 1 aliphatic heterocycles. The number of carbonyl (C=O) groups excluding carboxylic acids is 1. The Morgan fingerprint density at radius 1 is 1.13 bits per heavy atom. The summed E-state index contributed by atoms with van der Waals surface area (Å²) >= 11 is 0. The summed E-state index contributed by atoms with van der Waals surface area (Å²) in [6.07, 6.45) is 4.24. The molecule has 1 heterocycles. The maximum absolute atomic E-state index is 10.7. The fraction of sp³-hybridized carbons (Fsp3) is 0.462. The molecule has 0 spiro atoms. The molecule has 1 fully saturated rings. The van der Waals surface area contributed by atoms with Gasteiger partial charge in [0.15, 0.2) is 0 Å². The van der Waals surface area contributed by atoms with Gasteiger partial charge in [-0.2, -0.15) is 0 Å². The molecule has 2 nitrogen and oxygen atoms in total. The molecule has 80 valence electrons. The van der Waals surface area contributed by atoms with E-state index < -0.39 is 0 Å². The van der Waals surface area contributed by atoms with Crippen LogP contribution in [0.25, 0.3) is 0 Å². The Hall–Kier alpha value is -1.15. The molecule has 0 aromatic heterocycles. The lowest BCUT2D eigenvalue weighted by atomic mass is 9.91. The Morgan fingerprint density at radius 3 is 2.67 bits per heavy atom. The van der Waals surface area contributed by atoms with Crippen molar-refractivity contribution in [2.24, 2.45) is 0 Å². The molecular formula is C13H17NO. The van der Waals surface area contributed by atoms with Gasteiger partial charge in [0.25, 0.3) is 0 Å². The van der Waals surface area contributed by atoms with Crippen LogP contribution in [0.15, 0.2) is 30.3 Å². The van der Waals surface area contributed by atoms with Gasteiger partial charge in [-0.1, -0.05) is 30.3 Å². The highest BCUT2D eigenvalue weighted by atomic mass is 16.1. The second-order valence-electron chi connectivity index (χ2n) is 4.17. The first-order chi connectivity index (χ1) is 7.40. The average molecular weight is 203 g/mol. The van der Waals surface area contributed by atoms with Crippen LogP contribution in [0.5, 0.6) is 0 Å². The maximum Gasteiger partial charge on any atom is 0.136 e. The molecule has 1 aliphatic rings. The zero-order chi connectivity index (χ0) is 10.5.